The Kier molecular flexibility index (Phi) is 3.12. The summed E-state index contributed by atoms with van der Waals surface area (Å²) < 4.78 is 3.25. The van der Waals surface area contributed by atoms with Gasteiger partial charge in [-0.2, -0.15) is 5.10 Å². The summed E-state index contributed by atoms with van der Waals surface area (Å²) in [6.45, 7) is 2.39. The highest BCUT2D eigenvalue weighted by Gasteiger charge is 2.13. The summed E-state index contributed by atoms with van der Waals surface area (Å²) in [6.07, 6.45) is 1.57. The van der Waals surface area contributed by atoms with E-state index in [-0.39, 0.29) is 4.99 Å². The Morgan fingerprint density at radius 3 is 2.71 bits per heavy atom. The second-order valence-corrected chi connectivity index (χ2v) is 4.41. The molecule has 8 heteroatoms. The minimum atomic E-state index is 0.178. The first-order valence-corrected chi connectivity index (χ1v) is 5.65. The van der Waals surface area contributed by atoms with Crippen molar-refractivity contribution in [2.24, 2.45) is 12.8 Å². The van der Waals surface area contributed by atoms with Crippen LogP contribution < -0.4 is 5.73 Å². The van der Waals surface area contributed by atoms with Gasteiger partial charge in [0.15, 0.2) is 0 Å². The lowest BCUT2D eigenvalue weighted by molar-refractivity contribution is 0.680. The van der Waals surface area contributed by atoms with E-state index in [1.807, 2.05) is 6.92 Å². The van der Waals surface area contributed by atoms with Crippen LogP contribution in [0.5, 0.6) is 0 Å². The van der Waals surface area contributed by atoms with Crippen molar-refractivity contribution in [3.8, 4) is 0 Å². The summed E-state index contributed by atoms with van der Waals surface area (Å²) in [4.78, 5) is 4.17. The lowest BCUT2D eigenvalue weighted by Crippen LogP contribution is -2.12. The molecule has 2 heterocycles. The van der Waals surface area contributed by atoms with E-state index in [9.17, 15) is 0 Å². The number of hydrogen-bond acceptors (Lipinski definition) is 4. The van der Waals surface area contributed by atoms with Crippen LogP contribution in [0, 0.1) is 6.92 Å². The van der Waals surface area contributed by atoms with Crippen molar-refractivity contribution in [1.82, 2.24) is 24.5 Å². The van der Waals surface area contributed by atoms with E-state index in [0.29, 0.717) is 17.5 Å². The van der Waals surface area contributed by atoms with E-state index in [2.05, 4.69) is 15.2 Å². The third-order valence-electron chi connectivity index (χ3n) is 2.35. The number of hydrogen-bond donors (Lipinski definition) is 1. The summed E-state index contributed by atoms with van der Waals surface area (Å²) in [6, 6.07) is 0. The molecule has 2 aromatic rings. The Morgan fingerprint density at radius 1 is 1.53 bits per heavy atom. The minimum Gasteiger partial charge on any atom is -0.387 e. The molecule has 0 bridgehead atoms. The van der Waals surface area contributed by atoms with E-state index in [0.717, 1.165) is 11.3 Å². The zero-order chi connectivity index (χ0) is 12.6. The summed E-state index contributed by atoms with van der Waals surface area (Å²) in [5.74, 6) is 0.359. The highest BCUT2D eigenvalue weighted by Crippen LogP contribution is 2.19. The van der Waals surface area contributed by atoms with Crippen molar-refractivity contribution in [2.45, 2.75) is 13.5 Å². The first kappa shape index (κ1) is 12.0. The van der Waals surface area contributed by atoms with Crippen LogP contribution in [0.15, 0.2) is 6.33 Å². The molecular formula is C9H11ClN6S. The average molecular weight is 271 g/mol. The lowest BCUT2D eigenvalue weighted by Gasteiger charge is -2.00. The van der Waals surface area contributed by atoms with Gasteiger partial charge >= 0.3 is 0 Å². The quantitative estimate of drug-likeness (QED) is 0.829. The highest BCUT2D eigenvalue weighted by atomic mass is 35.5. The van der Waals surface area contributed by atoms with Gasteiger partial charge in [0.25, 0.3) is 0 Å². The number of aryl methyl sites for hydroxylation is 2. The molecule has 2 aromatic heterocycles. The number of nitrogens with two attached hydrogens (primary N) is 1. The summed E-state index contributed by atoms with van der Waals surface area (Å²) in [5.41, 5.74) is 7.21. The molecule has 17 heavy (non-hydrogen) atoms. The number of halogens is 1. The van der Waals surface area contributed by atoms with Gasteiger partial charge in [-0.25, -0.2) is 9.67 Å². The predicted molar refractivity (Wildman–Crippen MR) is 68.0 cm³/mol. The number of thiocarbonyl (C=S) groups is 1. The van der Waals surface area contributed by atoms with Gasteiger partial charge in [-0.15, -0.1) is 5.10 Å². The second-order valence-electron chi connectivity index (χ2n) is 3.61. The van der Waals surface area contributed by atoms with E-state index in [4.69, 9.17) is 29.6 Å². The van der Waals surface area contributed by atoms with E-state index in [1.165, 1.54) is 0 Å². The largest absolute Gasteiger partial charge is 0.387 e. The molecule has 0 atom stereocenters. The van der Waals surface area contributed by atoms with Gasteiger partial charge in [-0.3, -0.25) is 4.68 Å². The fourth-order valence-electron chi connectivity index (χ4n) is 1.50. The van der Waals surface area contributed by atoms with Crippen molar-refractivity contribution in [3.63, 3.8) is 0 Å². The maximum Gasteiger partial charge on any atom is 0.208 e. The predicted octanol–water partition coefficient (Wildman–Crippen LogP) is 0.656. The maximum atomic E-state index is 6.12. The lowest BCUT2D eigenvalue weighted by atomic mass is 10.3. The van der Waals surface area contributed by atoms with Crippen molar-refractivity contribution < 1.29 is 0 Å². The maximum absolute atomic E-state index is 6.12. The molecule has 0 aliphatic carbocycles. The van der Waals surface area contributed by atoms with Crippen LogP contribution in [0.3, 0.4) is 0 Å². The van der Waals surface area contributed by atoms with Gasteiger partial charge in [0, 0.05) is 12.6 Å². The van der Waals surface area contributed by atoms with Gasteiger partial charge in [0.1, 0.15) is 16.5 Å². The SMILES string of the molecule is Cc1nn(C)c(Cl)c1Cn1cnc(C(N)=S)n1. The summed E-state index contributed by atoms with van der Waals surface area (Å²) >= 11 is 10.9. The average Bonchev–Trinajstić information content (AvgIpc) is 2.80. The first-order valence-electron chi connectivity index (χ1n) is 4.86. The molecule has 0 aliphatic rings. The number of nitrogens with zero attached hydrogens (tertiary/aromatic N) is 5. The third kappa shape index (κ3) is 2.29. The van der Waals surface area contributed by atoms with Gasteiger partial charge in [-0.1, -0.05) is 23.8 Å². The molecule has 0 radical (unpaired) electrons. The van der Waals surface area contributed by atoms with E-state index < -0.39 is 0 Å². The number of aromatic nitrogens is 5. The summed E-state index contributed by atoms with van der Waals surface area (Å²) in [5, 5.41) is 8.95. The van der Waals surface area contributed by atoms with E-state index >= 15 is 0 Å². The molecule has 0 spiro atoms. The van der Waals surface area contributed by atoms with Crippen LogP contribution >= 0.6 is 23.8 Å². The fraction of sp³-hybridized carbons (Fsp3) is 0.333. The molecule has 90 valence electrons. The molecule has 0 saturated carbocycles. The van der Waals surface area contributed by atoms with Crippen LogP contribution in [0.4, 0.5) is 0 Å². The Bertz CT molecular complexity index is 572. The molecule has 0 unspecified atom stereocenters. The Balaban J connectivity index is 2.28. The van der Waals surface area contributed by atoms with Crippen LogP contribution in [-0.2, 0) is 13.6 Å². The van der Waals surface area contributed by atoms with Gasteiger partial charge in [-0.05, 0) is 6.92 Å². The fourth-order valence-corrected chi connectivity index (χ4v) is 1.83. The van der Waals surface area contributed by atoms with Crippen LogP contribution in [0.25, 0.3) is 0 Å². The Morgan fingerprint density at radius 2 is 2.24 bits per heavy atom. The third-order valence-corrected chi connectivity index (χ3v) is 3.00. The number of rotatable bonds is 3. The zero-order valence-electron chi connectivity index (χ0n) is 9.38. The van der Waals surface area contributed by atoms with E-state index in [1.54, 1.807) is 22.7 Å². The second kappa shape index (κ2) is 4.42. The van der Waals surface area contributed by atoms with Gasteiger partial charge < -0.3 is 5.73 Å². The smallest absolute Gasteiger partial charge is 0.208 e. The normalized spacial score (nSPS) is 10.8. The first-order chi connectivity index (χ1) is 7.99. The van der Waals surface area contributed by atoms with Crippen molar-refractivity contribution in [2.75, 3.05) is 0 Å². The van der Waals surface area contributed by atoms with Gasteiger partial charge in [0.2, 0.25) is 5.82 Å². The zero-order valence-corrected chi connectivity index (χ0v) is 11.0. The minimum absolute atomic E-state index is 0.178. The Hall–Kier alpha value is -1.47. The Labute approximate surface area is 108 Å². The van der Waals surface area contributed by atoms with Crippen LogP contribution in [0.2, 0.25) is 5.15 Å². The van der Waals surface area contributed by atoms with Crippen molar-refractivity contribution >= 4 is 28.8 Å². The molecule has 0 aliphatic heterocycles. The summed E-state index contributed by atoms with van der Waals surface area (Å²) in [7, 11) is 1.79. The standard InChI is InChI=1S/C9H11ClN6S/c1-5-6(7(10)15(2)13-5)3-16-4-12-9(14-16)8(11)17/h4H,3H2,1-2H3,(H2,11,17). The van der Waals surface area contributed by atoms with Gasteiger partial charge in [0.05, 0.1) is 12.2 Å². The van der Waals surface area contributed by atoms with Crippen molar-refractivity contribution in [3.05, 3.63) is 28.6 Å². The molecule has 0 aromatic carbocycles. The van der Waals surface area contributed by atoms with Crippen molar-refractivity contribution in [1.29, 1.82) is 0 Å². The molecular weight excluding hydrogens is 260 g/mol. The monoisotopic (exact) mass is 270 g/mol. The molecule has 0 amide bonds. The molecule has 0 saturated heterocycles. The molecule has 2 N–H and O–H groups in total. The molecule has 0 fully saturated rings. The van der Waals surface area contributed by atoms with Crippen LogP contribution in [-0.4, -0.2) is 29.5 Å². The highest BCUT2D eigenvalue weighted by molar-refractivity contribution is 7.80. The molecule has 6 nitrogen and oxygen atoms in total. The topological polar surface area (TPSA) is 74.5 Å². The molecule has 2 rings (SSSR count). The van der Waals surface area contributed by atoms with Crippen LogP contribution in [0.1, 0.15) is 17.1 Å².